The van der Waals surface area contributed by atoms with E-state index in [0.29, 0.717) is 11.4 Å². The summed E-state index contributed by atoms with van der Waals surface area (Å²) in [6, 6.07) is 20.0. The molecule has 3 nitrogen and oxygen atoms in total. The Kier molecular flexibility index (Phi) is 5.30. The topological polar surface area (TPSA) is 32.3 Å². The predicted molar refractivity (Wildman–Crippen MR) is 114 cm³/mol. The largest absolute Gasteiger partial charge is 0.370 e. The smallest absolute Gasteiger partial charge is 0.228 e. The molecule has 4 heteroatoms. The van der Waals surface area contributed by atoms with Crippen LogP contribution in [-0.4, -0.2) is 19.0 Å². The summed E-state index contributed by atoms with van der Waals surface area (Å²) in [5.41, 5.74) is 2.90. The quantitative estimate of drug-likeness (QED) is 0.634. The summed E-state index contributed by atoms with van der Waals surface area (Å²) in [7, 11) is 0. The Hall–Kier alpha value is -2.52. The van der Waals surface area contributed by atoms with E-state index in [4.69, 9.17) is 11.6 Å². The van der Waals surface area contributed by atoms with E-state index >= 15 is 0 Å². The molecule has 0 unspecified atom stereocenters. The van der Waals surface area contributed by atoms with Gasteiger partial charge < -0.3 is 10.2 Å². The molecule has 0 radical (unpaired) electrons. The average Bonchev–Trinajstić information content (AvgIpc) is 2.69. The molecule has 0 bridgehead atoms. The lowest BCUT2D eigenvalue weighted by molar-refractivity contribution is -0.115. The molecule has 0 aromatic heterocycles. The van der Waals surface area contributed by atoms with Crippen LogP contribution in [0.5, 0.6) is 0 Å². The van der Waals surface area contributed by atoms with Crippen LogP contribution in [0, 0.1) is 0 Å². The number of hydrogen-bond acceptors (Lipinski definition) is 2. The molecule has 3 aromatic rings. The fourth-order valence-corrected chi connectivity index (χ4v) is 4.01. The summed E-state index contributed by atoms with van der Waals surface area (Å²) < 4.78 is 0. The van der Waals surface area contributed by atoms with Gasteiger partial charge in [0.15, 0.2) is 0 Å². The fraction of sp³-hybridized carbons (Fsp3) is 0.261. The minimum Gasteiger partial charge on any atom is -0.370 e. The number of anilines is 2. The molecular formula is C23H23ClN2O. The first kappa shape index (κ1) is 17.9. The number of fused-ring (bicyclic) bond motifs is 1. The van der Waals surface area contributed by atoms with Gasteiger partial charge in [-0.2, -0.15) is 0 Å². The Morgan fingerprint density at radius 3 is 2.59 bits per heavy atom. The third kappa shape index (κ3) is 4.09. The summed E-state index contributed by atoms with van der Waals surface area (Å²) in [4.78, 5) is 15.1. The molecule has 1 aliphatic heterocycles. The molecule has 0 aliphatic carbocycles. The van der Waals surface area contributed by atoms with Gasteiger partial charge in [0.25, 0.3) is 0 Å². The van der Waals surface area contributed by atoms with Gasteiger partial charge in [0.2, 0.25) is 5.91 Å². The third-order valence-electron chi connectivity index (χ3n) is 5.16. The molecule has 138 valence electrons. The lowest BCUT2D eigenvalue weighted by atomic mass is 10.0. The van der Waals surface area contributed by atoms with E-state index in [2.05, 4.69) is 28.4 Å². The van der Waals surface area contributed by atoms with Gasteiger partial charge in [0.05, 0.1) is 17.8 Å². The molecule has 0 saturated carbocycles. The van der Waals surface area contributed by atoms with E-state index in [1.54, 1.807) is 0 Å². The van der Waals surface area contributed by atoms with E-state index in [-0.39, 0.29) is 5.91 Å². The van der Waals surface area contributed by atoms with Crippen LogP contribution in [0.4, 0.5) is 11.4 Å². The van der Waals surface area contributed by atoms with Crippen molar-refractivity contribution >= 4 is 39.7 Å². The number of piperidine rings is 1. The standard InChI is InChI=1S/C23H23ClN2O/c24-19-11-12-22(26-13-4-1-5-14-26)21(16-19)25-23(27)15-18-9-6-8-17-7-2-3-10-20(17)18/h2-3,6-12,16H,1,4-5,13-15H2,(H,25,27). The zero-order chi connectivity index (χ0) is 18.6. The van der Waals surface area contributed by atoms with Crippen molar-refractivity contribution in [1.29, 1.82) is 0 Å². The van der Waals surface area contributed by atoms with Gasteiger partial charge in [-0.3, -0.25) is 4.79 Å². The fourth-order valence-electron chi connectivity index (χ4n) is 3.83. The maximum absolute atomic E-state index is 12.8. The zero-order valence-corrected chi connectivity index (χ0v) is 16.0. The van der Waals surface area contributed by atoms with Crippen LogP contribution in [0.15, 0.2) is 60.7 Å². The molecular weight excluding hydrogens is 356 g/mol. The van der Waals surface area contributed by atoms with E-state index in [9.17, 15) is 4.79 Å². The normalized spacial score (nSPS) is 14.3. The average molecular weight is 379 g/mol. The highest BCUT2D eigenvalue weighted by Crippen LogP contribution is 2.31. The minimum atomic E-state index is -0.0214. The Morgan fingerprint density at radius 1 is 0.963 bits per heavy atom. The van der Waals surface area contributed by atoms with Crippen molar-refractivity contribution in [2.24, 2.45) is 0 Å². The Bertz CT molecular complexity index is 958. The number of hydrogen-bond donors (Lipinski definition) is 1. The van der Waals surface area contributed by atoms with Crippen molar-refractivity contribution in [2.75, 3.05) is 23.3 Å². The van der Waals surface area contributed by atoms with Crippen molar-refractivity contribution in [2.45, 2.75) is 25.7 Å². The number of carbonyl (C=O) groups excluding carboxylic acids is 1. The molecule has 27 heavy (non-hydrogen) atoms. The minimum absolute atomic E-state index is 0.0214. The van der Waals surface area contributed by atoms with E-state index < -0.39 is 0 Å². The molecule has 1 heterocycles. The molecule has 0 atom stereocenters. The van der Waals surface area contributed by atoms with Gasteiger partial charge in [-0.05, 0) is 53.8 Å². The van der Waals surface area contributed by atoms with Crippen molar-refractivity contribution < 1.29 is 4.79 Å². The summed E-state index contributed by atoms with van der Waals surface area (Å²) in [5.74, 6) is -0.0214. The summed E-state index contributed by atoms with van der Waals surface area (Å²) in [6.07, 6.45) is 3.98. The zero-order valence-electron chi connectivity index (χ0n) is 15.2. The summed E-state index contributed by atoms with van der Waals surface area (Å²) in [5, 5.41) is 6.01. The summed E-state index contributed by atoms with van der Waals surface area (Å²) in [6.45, 7) is 2.04. The van der Waals surface area contributed by atoms with E-state index in [1.165, 1.54) is 19.3 Å². The van der Waals surface area contributed by atoms with Crippen LogP contribution in [0.25, 0.3) is 10.8 Å². The first-order valence-electron chi connectivity index (χ1n) is 9.52. The highest BCUT2D eigenvalue weighted by molar-refractivity contribution is 6.31. The molecule has 1 saturated heterocycles. The van der Waals surface area contributed by atoms with Gasteiger partial charge in [0, 0.05) is 18.1 Å². The van der Waals surface area contributed by atoms with Crippen molar-refractivity contribution in [1.82, 2.24) is 0 Å². The Labute approximate surface area is 164 Å². The highest BCUT2D eigenvalue weighted by atomic mass is 35.5. The van der Waals surface area contributed by atoms with Crippen LogP contribution in [0.2, 0.25) is 5.02 Å². The van der Waals surface area contributed by atoms with Crippen LogP contribution in [0.3, 0.4) is 0 Å². The van der Waals surface area contributed by atoms with E-state index in [0.717, 1.165) is 40.8 Å². The molecule has 0 spiro atoms. The number of nitrogens with zero attached hydrogens (tertiary/aromatic N) is 1. The number of benzene rings is 3. The molecule has 3 aromatic carbocycles. The number of halogens is 1. The maximum Gasteiger partial charge on any atom is 0.228 e. The number of nitrogens with one attached hydrogen (secondary N) is 1. The maximum atomic E-state index is 12.8. The monoisotopic (exact) mass is 378 g/mol. The second-order valence-electron chi connectivity index (χ2n) is 7.07. The Balaban J connectivity index is 1.56. The van der Waals surface area contributed by atoms with Gasteiger partial charge in [-0.1, -0.05) is 54.1 Å². The van der Waals surface area contributed by atoms with Crippen LogP contribution in [-0.2, 0) is 11.2 Å². The van der Waals surface area contributed by atoms with Gasteiger partial charge >= 0.3 is 0 Å². The number of rotatable bonds is 4. The molecule has 4 rings (SSSR count). The lowest BCUT2D eigenvalue weighted by Gasteiger charge is -2.30. The lowest BCUT2D eigenvalue weighted by Crippen LogP contribution is -2.30. The SMILES string of the molecule is O=C(Cc1cccc2ccccc12)Nc1cc(Cl)ccc1N1CCCCC1. The second kappa shape index (κ2) is 8.01. The van der Waals surface area contributed by atoms with Crippen LogP contribution in [0.1, 0.15) is 24.8 Å². The van der Waals surface area contributed by atoms with E-state index in [1.807, 2.05) is 42.5 Å². The molecule has 1 fully saturated rings. The van der Waals surface area contributed by atoms with Crippen molar-refractivity contribution in [3.05, 3.63) is 71.2 Å². The first-order chi connectivity index (χ1) is 13.2. The predicted octanol–water partition coefficient (Wildman–Crippen LogP) is 5.66. The van der Waals surface area contributed by atoms with Gasteiger partial charge in [-0.25, -0.2) is 0 Å². The van der Waals surface area contributed by atoms with Crippen molar-refractivity contribution in [3.8, 4) is 0 Å². The molecule has 1 amide bonds. The molecule has 1 N–H and O–H groups in total. The van der Waals surface area contributed by atoms with Crippen molar-refractivity contribution in [3.63, 3.8) is 0 Å². The second-order valence-corrected chi connectivity index (χ2v) is 7.51. The number of amides is 1. The highest BCUT2D eigenvalue weighted by Gasteiger charge is 2.17. The summed E-state index contributed by atoms with van der Waals surface area (Å²) >= 11 is 6.21. The van der Waals surface area contributed by atoms with Gasteiger partial charge in [-0.15, -0.1) is 0 Å². The Morgan fingerprint density at radius 2 is 1.74 bits per heavy atom. The number of carbonyl (C=O) groups is 1. The van der Waals surface area contributed by atoms with Crippen LogP contribution >= 0.6 is 11.6 Å². The molecule has 1 aliphatic rings. The third-order valence-corrected chi connectivity index (χ3v) is 5.40. The first-order valence-corrected chi connectivity index (χ1v) is 9.89. The van der Waals surface area contributed by atoms with Gasteiger partial charge in [0.1, 0.15) is 0 Å². The van der Waals surface area contributed by atoms with Crippen LogP contribution < -0.4 is 10.2 Å².